The van der Waals surface area contributed by atoms with Crippen molar-refractivity contribution in [1.29, 1.82) is 0 Å². The van der Waals surface area contributed by atoms with Crippen molar-refractivity contribution in [2.75, 3.05) is 14.2 Å². The molecule has 0 saturated carbocycles. The summed E-state index contributed by atoms with van der Waals surface area (Å²) in [6.45, 7) is 1.74. The quantitative estimate of drug-likeness (QED) is 0.656. The summed E-state index contributed by atoms with van der Waals surface area (Å²) in [7, 11) is -0.627. The maximum Gasteiger partial charge on any atom is 0.250 e. The average molecular weight is 395 g/mol. The number of benzene rings is 1. The van der Waals surface area contributed by atoms with Gasteiger partial charge in [-0.2, -0.15) is 4.98 Å². The molecule has 2 heterocycles. The third-order valence-electron chi connectivity index (χ3n) is 3.57. The molecule has 10 heteroatoms. The van der Waals surface area contributed by atoms with Crippen LogP contribution in [0.15, 0.2) is 38.4 Å². The van der Waals surface area contributed by atoms with Crippen molar-refractivity contribution in [3.63, 3.8) is 0 Å². The molecule has 1 N–H and O–H groups in total. The number of aryl methyl sites for hydroxylation is 1. The van der Waals surface area contributed by atoms with Gasteiger partial charge >= 0.3 is 0 Å². The van der Waals surface area contributed by atoms with Crippen LogP contribution in [-0.4, -0.2) is 32.8 Å². The zero-order valence-corrected chi connectivity index (χ0v) is 16.0. The molecular formula is C16H17N3O5S2. The minimum Gasteiger partial charge on any atom is -0.497 e. The highest BCUT2D eigenvalue weighted by Crippen LogP contribution is 2.28. The Kier molecular flexibility index (Phi) is 5.25. The maximum absolute atomic E-state index is 12.6. The molecule has 0 atom stereocenters. The van der Waals surface area contributed by atoms with E-state index < -0.39 is 10.0 Å². The Balaban J connectivity index is 1.79. The number of ether oxygens (including phenoxy) is 2. The van der Waals surface area contributed by atoms with E-state index in [9.17, 15) is 8.42 Å². The summed E-state index contributed by atoms with van der Waals surface area (Å²) in [5, 5.41) is 5.46. The predicted octanol–water partition coefficient (Wildman–Crippen LogP) is 2.60. The molecule has 0 spiro atoms. The third kappa shape index (κ3) is 3.87. The number of hydrogen-bond donors (Lipinski definition) is 1. The Bertz CT molecular complexity index is 1010. The molecule has 0 aliphatic rings. The number of methoxy groups -OCH3 is 2. The maximum atomic E-state index is 12.6. The van der Waals surface area contributed by atoms with Crippen LogP contribution in [0.1, 0.15) is 11.5 Å². The van der Waals surface area contributed by atoms with E-state index in [1.54, 1.807) is 37.6 Å². The fourth-order valence-corrected chi connectivity index (χ4v) is 4.46. The molecule has 3 aromatic rings. The average Bonchev–Trinajstić information content (AvgIpc) is 3.29. The molecule has 0 unspecified atom stereocenters. The van der Waals surface area contributed by atoms with Crippen molar-refractivity contribution in [2.24, 2.45) is 0 Å². The molecule has 0 aliphatic heterocycles. The summed E-state index contributed by atoms with van der Waals surface area (Å²) < 4.78 is 43.2. The van der Waals surface area contributed by atoms with E-state index in [0.29, 0.717) is 34.3 Å². The highest BCUT2D eigenvalue weighted by molar-refractivity contribution is 7.91. The van der Waals surface area contributed by atoms with Gasteiger partial charge in [0.1, 0.15) is 15.7 Å². The molecule has 0 amide bonds. The van der Waals surface area contributed by atoms with E-state index in [4.69, 9.17) is 14.0 Å². The first-order valence-electron chi connectivity index (χ1n) is 7.52. The predicted molar refractivity (Wildman–Crippen MR) is 95.9 cm³/mol. The number of nitrogens with zero attached hydrogens (tertiary/aromatic N) is 2. The normalized spacial score (nSPS) is 11.5. The highest BCUT2D eigenvalue weighted by atomic mass is 32.2. The standard InChI is InChI=1S/C16H17N3O5S2/c1-10-18-16(19-24-10)12-7-15(25-9-12)26(20,21)17-8-11-6-13(22-2)4-5-14(11)23-3/h4-7,9,17H,8H2,1-3H3. The van der Waals surface area contributed by atoms with Crippen molar-refractivity contribution >= 4 is 21.4 Å². The number of nitrogens with one attached hydrogen (secondary N) is 1. The number of thiophene rings is 1. The molecular weight excluding hydrogens is 378 g/mol. The van der Waals surface area contributed by atoms with Gasteiger partial charge in [-0.25, -0.2) is 13.1 Å². The molecule has 0 fully saturated rings. The van der Waals surface area contributed by atoms with Gasteiger partial charge in [0.2, 0.25) is 21.7 Å². The first kappa shape index (κ1) is 18.4. The third-order valence-corrected chi connectivity index (χ3v) is 6.41. The fraction of sp³-hybridized carbons (Fsp3) is 0.250. The first-order valence-corrected chi connectivity index (χ1v) is 9.89. The zero-order valence-electron chi connectivity index (χ0n) is 14.3. The second-order valence-corrected chi connectivity index (χ2v) is 8.20. The number of hydrogen-bond acceptors (Lipinski definition) is 8. The van der Waals surface area contributed by atoms with Gasteiger partial charge < -0.3 is 14.0 Å². The fourth-order valence-electron chi connectivity index (χ4n) is 2.26. The Labute approximate surface area is 154 Å². The van der Waals surface area contributed by atoms with Crippen molar-refractivity contribution < 1.29 is 22.4 Å². The van der Waals surface area contributed by atoms with Gasteiger partial charge in [-0.05, 0) is 24.3 Å². The Morgan fingerprint density at radius 2 is 2.04 bits per heavy atom. The lowest BCUT2D eigenvalue weighted by molar-refractivity contribution is 0.394. The molecule has 0 radical (unpaired) electrons. The van der Waals surface area contributed by atoms with E-state index >= 15 is 0 Å². The van der Waals surface area contributed by atoms with E-state index in [0.717, 1.165) is 11.3 Å². The first-order chi connectivity index (χ1) is 12.4. The van der Waals surface area contributed by atoms with Gasteiger partial charge in [0, 0.05) is 30.0 Å². The van der Waals surface area contributed by atoms with Crippen LogP contribution in [-0.2, 0) is 16.6 Å². The Morgan fingerprint density at radius 1 is 1.23 bits per heavy atom. The molecule has 0 saturated heterocycles. The monoisotopic (exact) mass is 395 g/mol. The van der Waals surface area contributed by atoms with Crippen LogP contribution in [0.2, 0.25) is 0 Å². The number of aromatic nitrogens is 2. The summed E-state index contributed by atoms with van der Waals surface area (Å²) in [6.07, 6.45) is 0. The molecule has 0 bridgehead atoms. The lowest BCUT2D eigenvalue weighted by atomic mass is 10.2. The van der Waals surface area contributed by atoms with Crippen LogP contribution in [0, 0.1) is 6.92 Å². The molecule has 0 aliphatic carbocycles. The molecule has 138 valence electrons. The summed E-state index contributed by atoms with van der Waals surface area (Å²) in [5.74, 6) is 1.96. The van der Waals surface area contributed by atoms with Gasteiger partial charge in [-0.15, -0.1) is 11.3 Å². The Hall–Kier alpha value is -2.43. The van der Waals surface area contributed by atoms with Crippen molar-refractivity contribution in [1.82, 2.24) is 14.9 Å². The van der Waals surface area contributed by atoms with Gasteiger partial charge in [-0.3, -0.25) is 0 Å². The van der Waals surface area contributed by atoms with Crippen molar-refractivity contribution in [3.05, 3.63) is 41.1 Å². The lowest BCUT2D eigenvalue weighted by Gasteiger charge is -2.11. The molecule has 3 rings (SSSR count). The van der Waals surface area contributed by atoms with E-state index in [2.05, 4.69) is 14.9 Å². The lowest BCUT2D eigenvalue weighted by Crippen LogP contribution is -2.22. The van der Waals surface area contributed by atoms with Crippen LogP contribution in [0.3, 0.4) is 0 Å². The van der Waals surface area contributed by atoms with E-state index in [1.807, 2.05) is 0 Å². The van der Waals surface area contributed by atoms with Gasteiger partial charge in [0.25, 0.3) is 0 Å². The highest BCUT2D eigenvalue weighted by Gasteiger charge is 2.19. The summed E-state index contributed by atoms with van der Waals surface area (Å²) in [4.78, 5) is 4.09. The van der Waals surface area contributed by atoms with Crippen LogP contribution < -0.4 is 14.2 Å². The molecule has 1 aromatic carbocycles. The van der Waals surface area contributed by atoms with Crippen LogP contribution in [0.4, 0.5) is 0 Å². The summed E-state index contributed by atoms with van der Waals surface area (Å²) >= 11 is 1.09. The second kappa shape index (κ2) is 7.44. The Morgan fingerprint density at radius 3 is 2.69 bits per heavy atom. The smallest absolute Gasteiger partial charge is 0.250 e. The van der Waals surface area contributed by atoms with E-state index in [1.165, 1.54) is 13.2 Å². The van der Waals surface area contributed by atoms with Gasteiger partial charge in [0.05, 0.1) is 14.2 Å². The number of rotatable bonds is 7. The van der Waals surface area contributed by atoms with Crippen LogP contribution in [0.25, 0.3) is 11.4 Å². The van der Waals surface area contributed by atoms with Crippen molar-refractivity contribution in [3.8, 4) is 22.9 Å². The van der Waals surface area contributed by atoms with E-state index in [-0.39, 0.29) is 10.8 Å². The second-order valence-electron chi connectivity index (χ2n) is 5.29. The largest absolute Gasteiger partial charge is 0.497 e. The topological polar surface area (TPSA) is 104 Å². The minimum atomic E-state index is -3.70. The molecule has 2 aromatic heterocycles. The van der Waals surface area contributed by atoms with Crippen LogP contribution >= 0.6 is 11.3 Å². The van der Waals surface area contributed by atoms with Gasteiger partial charge in [-0.1, -0.05) is 5.16 Å². The molecule has 8 nitrogen and oxygen atoms in total. The van der Waals surface area contributed by atoms with Crippen LogP contribution in [0.5, 0.6) is 11.5 Å². The van der Waals surface area contributed by atoms with Crippen molar-refractivity contribution in [2.45, 2.75) is 17.7 Å². The van der Waals surface area contributed by atoms with Gasteiger partial charge in [0.15, 0.2) is 0 Å². The minimum absolute atomic E-state index is 0.0667. The molecule has 26 heavy (non-hydrogen) atoms. The summed E-state index contributed by atoms with van der Waals surface area (Å²) in [5.41, 5.74) is 1.26. The number of sulfonamides is 1. The SMILES string of the molecule is COc1ccc(OC)c(CNS(=O)(=O)c2cc(-c3noc(C)n3)cs2)c1. The zero-order chi connectivity index (χ0) is 18.7. The summed E-state index contributed by atoms with van der Waals surface area (Å²) in [6, 6.07) is 6.71.